The lowest BCUT2D eigenvalue weighted by molar-refractivity contribution is 0.510. The highest BCUT2D eigenvalue weighted by Crippen LogP contribution is 2.24. The van der Waals surface area contributed by atoms with Gasteiger partial charge in [-0.05, 0) is 18.3 Å². The Labute approximate surface area is 65.3 Å². The fourth-order valence-corrected chi connectivity index (χ4v) is 1.41. The fraction of sp³-hybridized carbons (Fsp3) is 0.700. The van der Waals surface area contributed by atoms with Gasteiger partial charge in [-0.1, -0.05) is 39.7 Å². The van der Waals surface area contributed by atoms with E-state index < -0.39 is 0 Å². The molecule has 59 valence electrons. The normalized spacial score (nSPS) is 10.9. The molecule has 0 aliphatic heterocycles. The molecule has 0 atom stereocenters. The average molecular weight is 139 g/mol. The van der Waals surface area contributed by atoms with Crippen LogP contribution in [0.3, 0.4) is 0 Å². The molecule has 0 spiro atoms. The van der Waals surface area contributed by atoms with Gasteiger partial charge in [-0.3, -0.25) is 0 Å². The molecule has 0 N–H and O–H groups in total. The molecule has 0 heteroatoms. The van der Waals surface area contributed by atoms with Crippen molar-refractivity contribution in [2.75, 3.05) is 0 Å². The Bertz CT molecular complexity index is 80.0. The zero-order chi connectivity index (χ0) is 7.98. The van der Waals surface area contributed by atoms with Gasteiger partial charge in [0.2, 0.25) is 0 Å². The number of allylic oxidation sites excluding steroid dienone is 1. The van der Waals surface area contributed by atoms with E-state index in [9.17, 15) is 0 Å². The SMILES string of the molecule is C=C[C](CC)C(CC)CC. The van der Waals surface area contributed by atoms with Crippen LogP contribution in [0.5, 0.6) is 0 Å². The molecule has 0 saturated heterocycles. The van der Waals surface area contributed by atoms with E-state index in [0.717, 1.165) is 12.3 Å². The second-order valence-electron chi connectivity index (χ2n) is 2.65. The summed E-state index contributed by atoms with van der Waals surface area (Å²) in [5.74, 6) is 2.30. The second kappa shape index (κ2) is 5.52. The Balaban J connectivity index is 3.81. The van der Waals surface area contributed by atoms with Gasteiger partial charge in [0.1, 0.15) is 0 Å². The maximum absolute atomic E-state index is 3.81. The Morgan fingerprint density at radius 3 is 1.90 bits per heavy atom. The molecule has 0 aromatic heterocycles. The van der Waals surface area contributed by atoms with Crippen molar-refractivity contribution in [3.05, 3.63) is 18.6 Å². The summed E-state index contributed by atoms with van der Waals surface area (Å²) in [6.07, 6.45) is 5.70. The summed E-state index contributed by atoms with van der Waals surface area (Å²) in [7, 11) is 0. The van der Waals surface area contributed by atoms with Crippen LogP contribution in [0.25, 0.3) is 0 Å². The van der Waals surface area contributed by atoms with Crippen molar-refractivity contribution in [1.29, 1.82) is 0 Å². The highest BCUT2D eigenvalue weighted by Gasteiger charge is 2.12. The number of hydrogen-bond acceptors (Lipinski definition) is 0. The van der Waals surface area contributed by atoms with Crippen molar-refractivity contribution < 1.29 is 0 Å². The molecule has 0 fully saturated rings. The zero-order valence-corrected chi connectivity index (χ0v) is 7.48. The lowest BCUT2D eigenvalue weighted by atomic mass is 9.86. The summed E-state index contributed by atoms with van der Waals surface area (Å²) >= 11 is 0. The molecule has 0 amide bonds. The van der Waals surface area contributed by atoms with Gasteiger partial charge in [-0.2, -0.15) is 0 Å². The van der Waals surface area contributed by atoms with Crippen LogP contribution in [0.2, 0.25) is 0 Å². The monoisotopic (exact) mass is 139 g/mol. The van der Waals surface area contributed by atoms with Crippen molar-refractivity contribution >= 4 is 0 Å². The molecule has 10 heavy (non-hydrogen) atoms. The van der Waals surface area contributed by atoms with Gasteiger partial charge in [0.25, 0.3) is 0 Å². The Kier molecular flexibility index (Phi) is 5.38. The number of hydrogen-bond donors (Lipinski definition) is 0. The maximum atomic E-state index is 3.81. The molecule has 1 radical (unpaired) electrons. The van der Waals surface area contributed by atoms with Crippen LogP contribution in [0.4, 0.5) is 0 Å². The second-order valence-corrected chi connectivity index (χ2v) is 2.65. The minimum Gasteiger partial charge on any atom is -0.102 e. The van der Waals surface area contributed by atoms with Crippen molar-refractivity contribution in [3.8, 4) is 0 Å². The maximum Gasteiger partial charge on any atom is -0.000216 e. The van der Waals surface area contributed by atoms with Crippen molar-refractivity contribution in [3.63, 3.8) is 0 Å². The molecule has 0 aliphatic carbocycles. The molecular weight excluding hydrogens is 120 g/mol. The summed E-state index contributed by atoms with van der Waals surface area (Å²) in [6.45, 7) is 10.5. The first-order valence-electron chi connectivity index (χ1n) is 4.28. The van der Waals surface area contributed by atoms with Crippen LogP contribution in [0, 0.1) is 11.8 Å². The lowest BCUT2D eigenvalue weighted by Crippen LogP contribution is -2.06. The van der Waals surface area contributed by atoms with Crippen LogP contribution >= 0.6 is 0 Å². The summed E-state index contributed by atoms with van der Waals surface area (Å²) in [5.41, 5.74) is 0. The first-order chi connectivity index (χ1) is 4.79. The average Bonchev–Trinajstić information content (AvgIpc) is 2.00. The van der Waals surface area contributed by atoms with E-state index in [2.05, 4.69) is 27.4 Å². The van der Waals surface area contributed by atoms with Gasteiger partial charge in [-0.15, -0.1) is 6.58 Å². The lowest BCUT2D eigenvalue weighted by Gasteiger charge is -2.19. The molecule has 0 unspecified atom stereocenters. The summed E-state index contributed by atoms with van der Waals surface area (Å²) in [5, 5.41) is 0. The highest BCUT2D eigenvalue weighted by molar-refractivity contribution is 5.08. The molecule has 0 aromatic carbocycles. The van der Waals surface area contributed by atoms with Gasteiger partial charge < -0.3 is 0 Å². The van der Waals surface area contributed by atoms with Gasteiger partial charge in [-0.25, -0.2) is 0 Å². The molecular formula is C10H19. The van der Waals surface area contributed by atoms with E-state index >= 15 is 0 Å². The predicted molar refractivity (Wildman–Crippen MR) is 47.8 cm³/mol. The standard InChI is InChI=1S/C10H19/c1-5-9(6-2)10(7-3)8-4/h5,10H,1,6-8H2,2-4H3. The molecule has 0 heterocycles. The first-order valence-corrected chi connectivity index (χ1v) is 4.28. The fourth-order valence-electron chi connectivity index (χ4n) is 1.41. The third-order valence-electron chi connectivity index (χ3n) is 2.18. The van der Waals surface area contributed by atoms with E-state index in [1.54, 1.807) is 0 Å². The Morgan fingerprint density at radius 1 is 1.30 bits per heavy atom. The van der Waals surface area contributed by atoms with Crippen molar-refractivity contribution in [2.24, 2.45) is 5.92 Å². The zero-order valence-electron chi connectivity index (χ0n) is 7.48. The van der Waals surface area contributed by atoms with Gasteiger partial charge in [0.15, 0.2) is 0 Å². The minimum atomic E-state index is 0.780. The van der Waals surface area contributed by atoms with E-state index in [-0.39, 0.29) is 0 Å². The summed E-state index contributed by atoms with van der Waals surface area (Å²) in [4.78, 5) is 0. The molecule has 0 bridgehead atoms. The molecule has 0 nitrogen and oxygen atoms in total. The molecule has 0 aliphatic rings. The van der Waals surface area contributed by atoms with Crippen molar-refractivity contribution in [1.82, 2.24) is 0 Å². The predicted octanol–water partition coefficient (Wildman–Crippen LogP) is 3.59. The summed E-state index contributed by atoms with van der Waals surface area (Å²) in [6, 6.07) is 0. The van der Waals surface area contributed by atoms with Crippen LogP contribution in [-0.2, 0) is 0 Å². The quantitative estimate of drug-likeness (QED) is 0.546. The highest BCUT2D eigenvalue weighted by atomic mass is 14.2. The topological polar surface area (TPSA) is 0 Å². The third kappa shape index (κ3) is 2.55. The third-order valence-corrected chi connectivity index (χ3v) is 2.18. The van der Waals surface area contributed by atoms with Gasteiger partial charge in [0, 0.05) is 0 Å². The van der Waals surface area contributed by atoms with E-state index in [1.165, 1.54) is 18.8 Å². The largest absolute Gasteiger partial charge is 0.102 e. The van der Waals surface area contributed by atoms with Crippen LogP contribution < -0.4 is 0 Å². The van der Waals surface area contributed by atoms with Crippen LogP contribution in [0.1, 0.15) is 40.0 Å². The van der Waals surface area contributed by atoms with Crippen LogP contribution in [-0.4, -0.2) is 0 Å². The van der Waals surface area contributed by atoms with Gasteiger partial charge >= 0.3 is 0 Å². The number of rotatable bonds is 5. The first kappa shape index (κ1) is 9.74. The smallest absolute Gasteiger partial charge is 0.000216 e. The van der Waals surface area contributed by atoms with Crippen LogP contribution in [0.15, 0.2) is 12.7 Å². The molecule has 0 rings (SSSR count). The molecule has 0 aromatic rings. The Hall–Kier alpha value is -0.260. The Morgan fingerprint density at radius 2 is 1.80 bits per heavy atom. The van der Waals surface area contributed by atoms with E-state index in [0.29, 0.717) is 0 Å². The van der Waals surface area contributed by atoms with Crippen molar-refractivity contribution in [2.45, 2.75) is 40.0 Å². The van der Waals surface area contributed by atoms with E-state index in [1.807, 2.05) is 6.08 Å². The van der Waals surface area contributed by atoms with E-state index in [4.69, 9.17) is 0 Å². The minimum absolute atomic E-state index is 0.780. The van der Waals surface area contributed by atoms with Gasteiger partial charge in [0.05, 0.1) is 0 Å². The molecule has 0 saturated carbocycles. The summed E-state index contributed by atoms with van der Waals surface area (Å²) < 4.78 is 0.